The molecule has 0 unspecified atom stereocenters. The summed E-state index contributed by atoms with van der Waals surface area (Å²) in [5.41, 5.74) is 0.337. The third-order valence-corrected chi connectivity index (χ3v) is 2.00. The van der Waals surface area contributed by atoms with Crippen LogP contribution in [-0.2, 0) is 19.3 Å². The van der Waals surface area contributed by atoms with Gasteiger partial charge in [0.15, 0.2) is 0 Å². The van der Waals surface area contributed by atoms with Crippen molar-refractivity contribution in [2.75, 3.05) is 4.72 Å². The minimum Gasteiger partial charge on any atom is -0.333 e. The predicted molar refractivity (Wildman–Crippen MR) is 46.1 cm³/mol. The first-order chi connectivity index (χ1) is 6.14. The number of nitrogens with one attached hydrogen (secondary N) is 1. The maximum absolute atomic E-state index is 10.8. The molecule has 0 heterocycles. The molecule has 0 spiro atoms. The highest BCUT2D eigenvalue weighted by Gasteiger charge is 2.08. The van der Waals surface area contributed by atoms with Gasteiger partial charge in [0.05, 0.1) is 5.69 Å². The normalized spacial score (nSPS) is 10.5. The van der Waals surface area contributed by atoms with E-state index in [0.29, 0.717) is 5.69 Å². The maximum Gasteiger partial charge on any atom is 0.409 e. The lowest BCUT2D eigenvalue weighted by molar-refractivity contribution is -0.120. The van der Waals surface area contributed by atoms with Gasteiger partial charge in [-0.15, -0.1) is 0 Å². The van der Waals surface area contributed by atoms with Gasteiger partial charge in [-0.05, 0) is 12.1 Å². The van der Waals surface area contributed by atoms with Crippen LogP contribution in [0.4, 0.5) is 5.69 Å². The molecule has 0 atom stereocenters. The minimum absolute atomic E-state index is 0.148. The van der Waals surface area contributed by atoms with Crippen LogP contribution in [0.15, 0.2) is 30.3 Å². The Kier molecular flexibility index (Phi) is 2.86. The molecule has 1 aromatic carbocycles. The van der Waals surface area contributed by atoms with Crippen LogP contribution in [0.5, 0.6) is 0 Å². The first-order valence-electron chi connectivity index (χ1n) is 3.34. The molecule has 1 rings (SSSR count). The van der Waals surface area contributed by atoms with Crippen molar-refractivity contribution in [3.63, 3.8) is 0 Å². The van der Waals surface area contributed by atoms with E-state index in [1.165, 1.54) is 12.1 Å². The summed E-state index contributed by atoms with van der Waals surface area (Å²) in [4.78, 5) is 9.77. The van der Waals surface area contributed by atoms with E-state index < -0.39 is 10.3 Å². The fourth-order valence-electron chi connectivity index (χ4n) is 0.726. The number of rotatable bonds is 4. The Morgan fingerprint density at radius 3 is 2.38 bits per heavy atom. The fraction of sp³-hybridized carbons (Fsp3) is 0. The van der Waals surface area contributed by atoms with Crippen LogP contribution in [-0.4, -0.2) is 14.9 Å². The molecule has 0 fully saturated rings. The lowest BCUT2D eigenvalue weighted by Crippen LogP contribution is -2.14. The summed E-state index contributed by atoms with van der Waals surface area (Å²) < 4.78 is 27.5. The van der Waals surface area contributed by atoms with Crippen molar-refractivity contribution in [2.24, 2.45) is 0 Å². The molecule has 0 radical (unpaired) electrons. The molecule has 5 nitrogen and oxygen atoms in total. The molecule has 0 saturated heterocycles. The zero-order valence-corrected chi connectivity index (χ0v) is 7.32. The van der Waals surface area contributed by atoms with E-state index in [2.05, 4.69) is 4.18 Å². The van der Waals surface area contributed by atoms with Gasteiger partial charge in [0.1, 0.15) is 0 Å². The van der Waals surface area contributed by atoms with Crippen LogP contribution in [0, 0.1) is 0 Å². The first-order valence-corrected chi connectivity index (χ1v) is 4.74. The number of hydrogen-bond donors (Lipinski definition) is 1. The number of anilines is 1. The van der Waals surface area contributed by atoms with Crippen LogP contribution in [0.3, 0.4) is 0 Å². The Bertz CT molecular complexity index is 373. The largest absolute Gasteiger partial charge is 0.409 e. The van der Waals surface area contributed by atoms with Gasteiger partial charge in [-0.1, -0.05) is 18.2 Å². The van der Waals surface area contributed by atoms with Crippen molar-refractivity contribution in [3.05, 3.63) is 30.3 Å². The molecule has 0 aromatic heterocycles. The maximum atomic E-state index is 10.8. The molecule has 0 bridgehead atoms. The molecular weight excluding hydrogens is 194 g/mol. The molecule has 0 aliphatic rings. The molecule has 0 aliphatic carbocycles. The van der Waals surface area contributed by atoms with E-state index in [9.17, 15) is 13.2 Å². The Balaban J connectivity index is 2.75. The molecule has 0 aliphatic heterocycles. The topological polar surface area (TPSA) is 72.5 Å². The van der Waals surface area contributed by atoms with Crippen molar-refractivity contribution < 1.29 is 17.4 Å². The molecule has 6 heteroatoms. The van der Waals surface area contributed by atoms with E-state index in [1.807, 2.05) is 4.72 Å². The average molecular weight is 201 g/mol. The predicted octanol–water partition coefficient (Wildman–Crippen LogP) is 0.516. The number of hydrogen-bond acceptors (Lipinski definition) is 4. The van der Waals surface area contributed by atoms with Crippen LogP contribution in [0.1, 0.15) is 0 Å². The SMILES string of the molecule is O=COS(=O)(=O)Nc1ccccc1. The quantitative estimate of drug-likeness (QED) is 0.720. The van der Waals surface area contributed by atoms with E-state index in [0.717, 1.165) is 0 Å². The molecular formula is C7H7NO4S. The Morgan fingerprint density at radius 1 is 1.23 bits per heavy atom. The van der Waals surface area contributed by atoms with E-state index in [4.69, 9.17) is 0 Å². The van der Waals surface area contributed by atoms with Crippen LogP contribution in [0.2, 0.25) is 0 Å². The van der Waals surface area contributed by atoms with Gasteiger partial charge in [0.25, 0.3) is 0 Å². The molecule has 0 saturated carbocycles. The lowest BCUT2D eigenvalue weighted by Gasteiger charge is -2.03. The second-order valence-electron chi connectivity index (χ2n) is 2.11. The zero-order valence-electron chi connectivity index (χ0n) is 6.51. The van der Waals surface area contributed by atoms with Crippen molar-refractivity contribution in [1.29, 1.82) is 0 Å². The number of para-hydroxylation sites is 1. The minimum atomic E-state index is -4.00. The number of benzene rings is 1. The highest BCUT2D eigenvalue weighted by molar-refractivity contribution is 7.88. The smallest absolute Gasteiger partial charge is 0.333 e. The number of carbonyl (C=O) groups excluding carboxylic acids is 1. The lowest BCUT2D eigenvalue weighted by atomic mass is 10.3. The summed E-state index contributed by atoms with van der Waals surface area (Å²) in [6.07, 6.45) is 0. The highest BCUT2D eigenvalue weighted by atomic mass is 32.2. The van der Waals surface area contributed by atoms with Crippen molar-refractivity contribution in [3.8, 4) is 0 Å². The first kappa shape index (κ1) is 9.53. The van der Waals surface area contributed by atoms with Gasteiger partial charge >= 0.3 is 16.8 Å². The van der Waals surface area contributed by atoms with Gasteiger partial charge in [0.2, 0.25) is 0 Å². The Labute approximate surface area is 75.6 Å². The summed E-state index contributed by atoms with van der Waals surface area (Å²) in [7, 11) is -4.00. The average Bonchev–Trinajstić information content (AvgIpc) is 2.04. The molecule has 0 amide bonds. The molecule has 1 N–H and O–H groups in total. The Morgan fingerprint density at radius 2 is 1.85 bits per heavy atom. The van der Waals surface area contributed by atoms with Crippen molar-refractivity contribution >= 4 is 22.5 Å². The standard InChI is InChI=1S/C7H7NO4S/c9-6-12-13(10,11)8-7-4-2-1-3-5-7/h1-6,8H. The van der Waals surface area contributed by atoms with Crippen LogP contribution < -0.4 is 4.72 Å². The van der Waals surface area contributed by atoms with E-state index >= 15 is 0 Å². The summed E-state index contributed by atoms with van der Waals surface area (Å²) in [6, 6.07) is 8.10. The molecule has 13 heavy (non-hydrogen) atoms. The second kappa shape index (κ2) is 3.90. The van der Waals surface area contributed by atoms with Crippen molar-refractivity contribution in [2.45, 2.75) is 0 Å². The monoisotopic (exact) mass is 201 g/mol. The van der Waals surface area contributed by atoms with Gasteiger partial charge in [-0.25, -0.2) is 0 Å². The summed E-state index contributed by atoms with van der Waals surface area (Å²) in [6.45, 7) is -0.148. The van der Waals surface area contributed by atoms with Gasteiger partial charge < -0.3 is 4.18 Å². The van der Waals surface area contributed by atoms with Crippen LogP contribution in [0.25, 0.3) is 0 Å². The highest BCUT2D eigenvalue weighted by Crippen LogP contribution is 2.07. The molecule has 70 valence electrons. The second-order valence-corrected chi connectivity index (χ2v) is 3.42. The van der Waals surface area contributed by atoms with Crippen molar-refractivity contribution in [1.82, 2.24) is 0 Å². The fourth-order valence-corrected chi connectivity index (χ4v) is 1.30. The van der Waals surface area contributed by atoms with Gasteiger partial charge in [-0.2, -0.15) is 8.42 Å². The summed E-state index contributed by atoms with van der Waals surface area (Å²) >= 11 is 0. The van der Waals surface area contributed by atoms with Gasteiger partial charge in [0, 0.05) is 0 Å². The van der Waals surface area contributed by atoms with E-state index in [-0.39, 0.29) is 6.47 Å². The summed E-state index contributed by atoms with van der Waals surface area (Å²) in [5.74, 6) is 0. The summed E-state index contributed by atoms with van der Waals surface area (Å²) in [5, 5.41) is 0. The zero-order chi connectivity index (χ0) is 9.73. The Hall–Kier alpha value is -1.56. The van der Waals surface area contributed by atoms with Gasteiger partial charge in [-0.3, -0.25) is 9.52 Å². The third-order valence-electron chi connectivity index (χ3n) is 1.18. The van der Waals surface area contributed by atoms with Crippen LogP contribution >= 0.6 is 0 Å². The van der Waals surface area contributed by atoms with E-state index in [1.54, 1.807) is 18.2 Å². The molecule has 1 aromatic rings. The third kappa shape index (κ3) is 3.12. The number of carbonyl (C=O) groups is 1.